The van der Waals surface area contributed by atoms with Gasteiger partial charge in [-0.05, 0) is 32.0 Å². The second-order valence-electron chi connectivity index (χ2n) is 8.24. The van der Waals surface area contributed by atoms with E-state index < -0.39 is 26.3 Å². The van der Waals surface area contributed by atoms with E-state index in [9.17, 15) is 10.2 Å². The second kappa shape index (κ2) is 5.28. The van der Waals surface area contributed by atoms with Crippen LogP contribution in [0.25, 0.3) is 0 Å². The van der Waals surface area contributed by atoms with Gasteiger partial charge in [0, 0.05) is 5.92 Å². The lowest BCUT2D eigenvalue weighted by atomic mass is 10.1. The summed E-state index contributed by atoms with van der Waals surface area (Å²) in [6, 6.07) is 0. The van der Waals surface area contributed by atoms with E-state index in [1.807, 2.05) is 13.8 Å². The highest BCUT2D eigenvalue weighted by Crippen LogP contribution is 2.46. The van der Waals surface area contributed by atoms with Crippen LogP contribution in [0.1, 0.15) is 34.6 Å². The van der Waals surface area contributed by atoms with Crippen molar-refractivity contribution in [3.05, 3.63) is 0 Å². The van der Waals surface area contributed by atoms with E-state index in [0.29, 0.717) is 0 Å². The van der Waals surface area contributed by atoms with Crippen molar-refractivity contribution in [1.29, 1.82) is 0 Å². The fourth-order valence-corrected chi connectivity index (χ4v) is 4.21. The summed E-state index contributed by atoms with van der Waals surface area (Å²) in [5.74, 6) is -1.05. The summed E-state index contributed by atoms with van der Waals surface area (Å²) < 4.78 is 18.2. The molecule has 0 aromatic rings. The zero-order valence-corrected chi connectivity index (χ0v) is 15.2. The lowest BCUT2D eigenvalue weighted by Gasteiger charge is -2.40. The Morgan fingerprint density at radius 3 is 2.14 bits per heavy atom. The molecule has 1 aliphatic heterocycles. The van der Waals surface area contributed by atoms with Gasteiger partial charge in [0.15, 0.2) is 14.1 Å². The van der Waals surface area contributed by atoms with Crippen molar-refractivity contribution in [2.24, 2.45) is 5.92 Å². The Hall–Kier alpha value is 0.0169. The van der Waals surface area contributed by atoms with Crippen LogP contribution >= 0.6 is 0 Å². The smallest absolute Gasteiger partial charge is 0.192 e. The minimum atomic E-state index is -2.04. The summed E-state index contributed by atoms with van der Waals surface area (Å²) in [6.45, 7) is 14.4. The van der Waals surface area contributed by atoms with Crippen LogP contribution in [0, 0.1) is 5.92 Å². The van der Waals surface area contributed by atoms with Crippen LogP contribution in [0.5, 0.6) is 0 Å². The monoisotopic (exact) mass is 318 g/mol. The Labute approximate surface area is 128 Å². The molecule has 5 nitrogen and oxygen atoms in total. The van der Waals surface area contributed by atoms with Crippen molar-refractivity contribution < 1.29 is 24.1 Å². The average Bonchev–Trinajstić information content (AvgIpc) is 2.71. The molecule has 1 heterocycles. The van der Waals surface area contributed by atoms with Crippen molar-refractivity contribution in [1.82, 2.24) is 0 Å². The number of fused-ring (bicyclic) bond motifs is 1. The van der Waals surface area contributed by atoms with Crippen LogP contribution in [0.15, 0.2) is 0 Å². The minimum absolute atomic E-state index is 0.0501. The number of hydrogen-bond donors (Lipinski definition) is 2. The van der Waals surface area contributed by atoms with Gasteiger partial charge in [-0.2, -0.15) is 0 Å². The van der Waals surface area contributed by atoms with Gasteiger partial charge in [0.1, 0.15) is 12.2 Å². The maximum atomic E-state index is 10.5. The molecule has 0 unspecified atom stereocenters. The van der Waals surface area contributed by atoms with Gasteiger partial charge in [-0.25, -0.2) is 0 Å². The fraction of sp³-hybridized carbons (Fsp3) is 1.00. The van der Waals surface area contributed by atoms with Gasteiger partial charge in [0.25, 0.3) is 0 Å². The maximum Gasteiger partial charge on any atom is 0.192 e. The molecule has 2 N–H and O–H groups in total. The molecule has 0 bridgehead atoms. The van der Waals surface area contributed by atoms with Crippen LogP contribution in [-0.4, -0.2) is 55.3 Å². The van der Waals surface area contributed by atoms with E-state index in [4.69, 9.17) is 13.9 Å². The number of hydrogen-bond acceptors (Lipinski definition) is 5. The minimum Gasteiger partial charge on any atom is -0.409 e. The normalized spacial score (nSPS) is 39.6. The first-order valence-corrected chi connectivity index (χ1v) is 10.6. The molecule has 124 valence electrons. The molecule has 6 heteroatoms. The summed E-state index contributed by atoms with van der Waals surface area (Å²) in [6.07, 6.45) is -1.82. The van der Waals surface area contributed by atoms with Gasteiger partial charge in [-0.3, -0.25) is 0 Å². The molecule has 0 radical (unpaired) electrons. The molecule has 0 amide bonds. The zero-order valence-electron chi connectivity index (χ0n) is 14.2. The highest BCUT2D eigenvalue weighted by Gasteiger charge is 2.60. The topological polar surface area (TPSA) is 68.2 Å². The molecule has 1 saturated heterocycles. The molecule has 5 atom stereocenters. The third-order valence-corrected chi connectivity index (χ3v) is 9.61. The van der Waals surface area contributed by atoms with Crippen molar-refractivity contribution in [2.75, 3.05) is 6.61 Å². The summed E-state index contributed by atoms with van der Waals surface area (Å²) in [7, 11) is -2.04. The van der Waals surface area contributed by atoms with E-state index in [1.54, 1.807) is 0 Å². The second-order valence-corrected chi connectivity index (χ2v) is 13.0. The number of aliphatic hydroxyl groups excluding tert-OH is 2. The molecule has 1 aliphatic carbocycles. The quantitative estimate of drug-likeness (QED) is 0.778. The summed E-state index contributed by atoms with van der Waals surface area (Å²) in [4.78, 5) is 0. The number of aliphatic hydroxyl groups is 2. The Bertz CT molecular complexity index is 390. The zero-order chi connectivity index (χ0) is 16.2. The van der Waals surface area contributed by atoms with Gasteiger partial charge < -0.3 is 24.1 Å². The third-order valence-electron chi connectivity index (χ3n) is 5.13. The summed E-state index contributed by atoms with van der Waals surface area (Å²) >= 11 is 0. The maximum absolute atomic E-state index is 10.5. The van der Waals surface area contributed by atoms with E-state index in [-0.39, 0.29) is 29.8 Å². The Balaban J connectivity index is 2.23. The lowest BCUT2D eigenvalue weighted by Crippen LogP contribution is -2.50. The molecule has 21 heavy (non-hydrogen) atoms. The summed E-state index contributed by atoms with van der Waals surface area (Å²) in [5.41, 5.74) is 0. The third kappa shape index (κ3) is 3.07. The molecule has 2 aliphatic rings. The standard InChI is InChI=1S/C15H30O5Si/c1-14(2,3)21(6,7)20-12-10(17)9(8-16)11-13(12)19-15(4,5)18-11/h9-13,16-17H,8H2,1-7H3/t9-,10-,11-,12+,13-/m1/s1. The molecule has 0 aromatic heterocycles. The van der Waals surface area contributed by atoms with Gasteiger partial charge in [-0.15, -0.1) is 0 Å². The molecule has 0 aromatic carbocycles. The first-order valence-electron chi connectivity index (χ1n) is 7.72. The summed E-state index contributed by atoms with van der Waals surface area (Å²) in [5, 5.41) is 20.2. The molecule has 1 saturated carbocycles. The van der Waals surface area contributed by atoms with Crippen molar-refractivity contribution in [3.8, 4) is 0 Å². The Kier molecular flexibility index (Phi) is 4.37. The Morgan fingerprint density at radius 2 is 1.67 bits per heavy atom. The molecular weight excluding hydrogens is 288 g/mol. The Morgan fingerprint density at radius 1 is 1.14 bits per heavy atom. The van der Waals surface area contributed by atoms with Crippen LogP contribution in [0.3, 0.4) is 0 Å². The average molecular weight is 318 g/mol. The van der Waals surface area contributed by atoms with Crippen LogP contribution in [0.4, 0.5) is 0 Å². The highest BCUT2D eigenvalue weighted by atomic mass is 28.4. The van der Waals surface area contributed by atoms with Crippen LogP contribution < -0.4 is 0 Å². The first-order chi connectivity index (χ1) is 9.39. The molecule has 0 spiro atoms. The van der Waals surface area contributed by atoms with Crippen molar-refractivity contribution in [2.45, 2.75) is 83.0 Å². The largest absolute Gasteiger partial charge is 0.409 e. The van der Waals surface area contributed by atoms with Crippen LogP contribution in [0.2, 0.25) is 18.1 Å². The van der Waals surface area contributed by atoms with E-state index >= 15 is 0 Å². The predicted octanol–water partition coefficient (Wildman–Crippen LogP) is 1.88. The van der Waals surface area contributed by atoms with Gasteiger partial charge in [0.2, 0.25) is 0 Å². The lowest BCUT2D eigenvalue weighted by molar-refractivity contribution is -0.181. The number of rotatable bonds is 3. The van der Waals surface area contributed by atoms with Gasteiger partial charge in [-0.1, -0.05) is 20.8 Å². The van der Waals surface area contributed by atoms with E-state index in [2.05, 4.69) is 33.9 Å². The van der Waals surface area contributed by atoms with E-state index in [0.717, 1.165) is 0 Å². The molecule has 2 fully saturated rings. The van der Waals surface area contributed by atoms with Crippen molar-refractivity contribution in [3.63, 3.8) is 0 Å². The van der Waals surface area contributed by atoms with Gasteiger partial charge >= 0.3 is 0 Å². The highest BCUT2D eigenvalue weighted by molar-refractivity contribution is 6.74. The molecular formula is C15H30O5Si. The van der Waals surface area contributed by atoms with Crippen LogP contribution in [-0.2, 0) is 13.9 Å². The van der Waals surface area contributed by atoms with Gasteiger partial charge in [0.05, 0.1) is 18.8 Å². The predicted molar refractivity (Wildman–Crippen MR) is 82.5 cm³/mol. The first kappa shape index (κ1) is 17.4. The number of ether oxygens (including phenoxy) is 2. The molecule has 2 rings (SSSR count). The van der Waals surface area contributed by atoms with E-state index in [1.165, 1.54) is 0 Å². The fourth-order valence-electron chi connectivity index (χ4n) is 2.90. The van der Waals surface area contributed by atoms with Crippen molar-refractivity contribution >= 4 is 8.32 Å². The SMILES string of the molecule is CC1(C)O[C@@H]2[C@H](O1)[C@H](CO)[C@@H](O)[C@@H]2O[Si](C)(C)C(C)(C)C.